The van der Waals surface area contributed by atoms with E-state index in [1.165, 1.54) is 18.4 Å². The van der Waals surface area contributed by atoms with E-state index in [0.717, 1.165) is 30.8 Å². The second kappa shape index (κ2) is 8.67. The lowest BCUT2D eigenvalue weighted by Crippen LogP contribution is -2.36. The van der Waals surface area contributed by atoms with Crippen LogP contribution < -0.4 is 10.1 Å². The number of rotatable bonds is 5. The molecule has 1 fully saturated rings. The monoisotopic (exact) mass is 338 g/mol. The Kier molecular flexibility index (Phi) is 6.07. The smallest absolute Gasteiger partial charge is 0.238 e. The molecular formula is C21H26N2O2. The summed E-state index contributed by atoms with van der Waals surface area (Å²) in [5.41, 5.74) is 2.11. The molecule has 0 unspecified atom stereocenters. The lowest BCUT2D eigenvalue weighted by Gasteiger charge is -2.29. The number of hydrogen-bond donors (Lipinski definition) is 1. The number of ether oxygens (including phenoxy) is 1. The van der Waals surface area contributed by atoms with Gasteiger partial charge < -0.3 is 10.1 Å². The van der Waals surface area contributed by atoms with E-state index in [0.29, 0.717) is 6.54 Å². The molecule has 0 spiro atoms. The zero-order chi connectivity index (χ0) is 17.5. The minimum atomic E-state index is 0.0478. The first-order chi connectivity index (χ1) is 12.3. The SMILES string of the molecule is COc1ccc([C@@H]2CCCCCN2CC(=O)Nc2ccccc2)cc1. The van der Waals surface area contributed by atoms with Crippen molar-refractivity contribution < 1.29 is 9.53 Å². The Morgan fingerprint density at radius 2 is 1.84 bits per heavy atom. The molecule has 1 atom stereocenters. The summed E-state index contributed by atoms with van der Waals surface area (Å²) >= 11 is 0. The number of nitrogens with one attached hydrogen (secondary N) is 1. The van der Waals surface area contributed by atoms with Crippen LogP contribution in [0.4, 0.5) is 5.69 Å². The van der Waals surface area contributed by atoms with Gasteiger partial charge in [-0.3, -0.25) is 9.69 Å². The number of likely N-dealkylation sites (tertiary alicyclic amines) is 1. The van der Waals surface area contributed by atoms with Crippen LogP contribution in [0.15, 0.2) is 54.6 Å². The van der Waals surface area contributed by atoms with Crippen molar-refractivity contribution in [3.05, 3.63) is 60.2 Å². The highest BCUT2D eigenvalue weighted by molar-refractivity contribution is 5.92. The van der Waals surface area contributed by atoms with Crippen LogP contribution in [0.3, 0.4) is 0 Å². The molecule has 0 aliphatic carbocycles. The van der Waals surface area contributed by atoms with Crippen molar-refractivity contribution in [2.24, 2.45) is 0 Å². The number of anilines is 1. The molecule has 4 nitrogen and oxygen atoms in total. The third kappa shape index (κ3) is 4.83. The van der Waals surface area contributed by atoms with E-state index in [2.05, 4.69) is 22.3 Å². The number of hydrogen-bond acceptors (Lipinski definition) is 3. The largest absolute Gasteiger partial charge is 0.497 e. The molecule has 1 heterocycles. The summed E-state index contributed by atoms with van der Waals surface area (Å²) in [4.78, 5) is 14.8. The highest BCUT2D eigenvalue weighted by Crippen LogP contribution is 2.31. The molecule has 0 saturated carbocycles. The summed E-state index contributed by atoms with van der Waals surface area (Å²) in [6.07, 6.45) is 4.66. The quantitative estimate of drug-likeness (QED) is 0.886. The minimum Gasteiger partial charge on any atom is -0.497 e. The van der Waals surface area contributed by atoms with Gasteiger partial charge in [-0.15, -0.1) is 0 Å². The molecule has 0 bridgehead atoms. The molecule has 1 aliphatic heterocycles. The van der Waals surface area contributed by atoms with Gasteiger partial charge in [0.1, 0.15) is 5.75 Å². The molecule has 1 saturated heterocycles. The highest BCUT2D eigenvalue weighted by Gasteiger charge is 2.24. The molecule has 0 radical (unpaired) electrons. The Morgan fingerprint density at radius 3 is 2.56 bits per heavy atom. The van der Waals surface area contributed by atoms with Gasteiger partial charge in [0.05, 0.1) is 13.7 Å². The van der Waals surface area contributed by atoms with Gasteiger partial charge in [0, 0.05) is 11.7 Å². The Bertz CT molecular complexity index is 670. The summed E-state index contributed by atoms with van der Waals surface area (Å²) < 4.78 is 5.26. The molecule has 2 aromatic carbocycles. The standard InChI is InChI=1S/C21H26N2O2/c1-25-19-13-11-17(12-14-19)20-10-6-3-7-15-23(20)16-21(24)22-18-8-4-2-5-9-18/h2,4-5,8-9,11-14,20H,3,6-7,10,15-16H2,1H3,(H,22,24)/t20-/m0/s1. The average Bonchev–Trinajstić information content (AvgIpc) is 2.88. The average molecular weight is 338 g/mol. The lowest BCUT2D eigenvalue weighted by atomic mass is 10.0. The zero-order valence-corrected chi connectivity index (χ0v) is 14.8. The van der Waals surface area contributed by atoms with Gasteiger partial charge in [0.15, 0.2) is 0 Å². The third-order valence-electron chi connectivity index (χ3n) is 4.77. The first kappa shape index (κ1) is 17.5. The summed E-state index contributed by atoms with van der Waals surface area (Å²) in [5.74, 6) is 0.914. The van der Waals surface area contributed by atoms with Crippen LogP contribution in [0, 0.1) is 0 Å². The van der Waals surface area contributed by atoms with Gasteiger partial charge in [0.2, 0.25) is 5.91 Å². The summed E-state index contributed by atoms with van der Waals surface area (Å²) in [5, 5.41) is 3.00. The summed E-state index contributed by atoms with van der Waals surface area (Å²) in [6.45, 7) is 1.38. The van der Waals surface area contributed by atoms with Crippen LogP contribution in [0.25, 0.3) is 0 Å². The Hall–Kier alpha value is -2.33. The second-order valence-electron chi connectivity index (χ2n) is 6.52. The number of carbonyl (C=O) groups is 1. The molecule has 132 valence electrons. The maximum atomic E-state index is 12.5. The summed E-state index contributed by atoms with van der Waals surface area (Å²) in [6, 6.07) is 18.2. The van der Waals surface area contributed by atoms with Crippen LogP contribution in [0.1, 0.15) is 37.3 Å². The molecule has 2 aromatic rings. The molecule has 1 N–H and O–H groups in total. The van der Waals surface area contributed by atoms with Gasteiger partial charge in [-0.2, -0.15) is 0 Å². The predicted octanol–water partition coefficient (Wildman–Crippen LogP) is 4.25. The van der Waals surface area contributed by atoms with Crippen LogP contribution in [0.2, 0.25) is 0 Å². The number of para-hydroxylation sites is 1. The van der Waals surface area contributed by atoms with Gasteiger partial charge in [-0.25, -0.2) is 0 Å². The number of benzene rings is 2. The van der Waals surface area contributed by atoms with Gasteiger partial charge >= 0.3 is 0 Å². The fourth-order valence-corrected chi connectivity index (χ4v) is 3.47. The summed E-state index contributed by atoms with van der Waals surface area (Å²) in [7, 11) is 1.68. The van der Waals surface area contributed by atoms with Crippen molar-refractivity contribution in [2.75, 3.05) is 25.5 Å². The van der Waals surface area contributed by atoms with E-state index >= 15 is 0 Å². The fourth-order valence-electron chi connectivity index (χ4n) is 3.47. The highest BCUT2D eigenvalue weighted by atomic mass is 16.5. The van der Waals surface area contributed by atoms with Crippen molar-refractivity contribution in [3.8, 4) is 5.75 Å². The molecule has 25 heavy (non-hydrogen) atoms. The number of methoxy groups -OCH3 is 1. The number of nitrogens with zero attached hydrogens (tertiary/aromatic N) is 1. The third-order valence-corrected chi connectivity index (χ3v) is 4.77. The van der Waals surface area contributed by atoms with Crippen molar-refractivity contribution >= 4 is 11.6 Å². The van der Waals surface area contributed by atoms with E-state index in [9.17, 15) is 4.79 Å². The van der Waals surface area contributed by atoms with Crippen molar-refractivity contribution in [2.45, 2.75) is 31.7 Å². The molecule has 3 rings (SSSR count). The van der Waals surface area contributed by atoms with E-state index in [-0.39, 0.29) is 11.9 Å². The molecule has 1 amide bonds. The van der Waals surface area contributed by atoms with Crippen LogP contribution >= 0.6 is 0 Å². The van der Waals surface area contributed by atoms with Crippen molar-refractivity contribution in [3.63, 3.8) is 0 Å². The molecule has 4 heteroatoms. The van der Waals surface area contributed by atoms with Gasteiger partial charge in [-0.05, 0) is 49.2 Å². The van der Waals surface area contributed by atoms with E-state index < -0.39 is 0 Å². The normalized spacial score (nSPS) is 18.4. The Morgan fingerprint density at radius 1 is 1.08 bits per heavy atom. The van der Waals surface area contributed by atoms with E-state index in [1.54, 1.807) is 7.11 Å². The number of amides is 1. The Balaban J connectivity index is 1.70. The van der Waals surface area contributed by atoms with Crippen LogP contribution in [-0.2, 0) is 4.79 Å². The maximum Gasteiger partial charge on any atom is 0.238 e. The first-order valence-corrected chi connectivity index (χ1v) is 8.99. The first-order valence-electron chi connectivity index (χ1n) is 8.99. The fraction of sp³-hybridized carbons (Fsp3) is 0.381. The van der Waals surface area contributed by atoms with E-state index in [1.807, 2.05) is 42.5 Å². The predicted molar refractivity (Wildman–Crippen MR) is 101 cm³/mol. The van der Waals surface area contributed by atoms with Gasteiger partial charge in [-0.1, -0.05) is 43.2 Å². The van der Waals surface area contributed by atoms with E-state index in [4.69, 9.17) is 4.74 Å². The zero-order valence-electron chi connectivity index (χ0n) is 14.8. The molecule has 1 aliphatic rings. The molecule has 0 aromatic heterocycles. The lowest BCUT2D eigenvalue weighted by molar-refractivity contribution is -0.117. The second-order valence-corrected chi connectivity index (χ2v) is 6.52. The van der Waals surface area contributed by atoms with Gasteiger partial charge in [0.25, 0.3) is 0 Å². The number of carbonyl (C=O) groups excluding carboxylic acids is 1. The molecular weight excluding hydrogens is 312 g/mol. The maximum absolute atomic E-state index is 12.5. The minimum absolute atomic E-state index is 0.0478. The van der Waals surface area contributed by atoms with Crippen molar-refractivity contribution in [1.29, 1.82) is 0 Å². The topological polar surface area (TPSA) is 41.6 Å². The Labute approximate surface area is 149 Å². The van der Waals surface area contributed by atoms with Crippen molar-refractivity contribution in [1.82, 2.24) is 4.90 Å². The van der Waals surface area contributed by atoms with Crippen LogP contribution in [0.5, 0.6) is 5.75 Å². The van der Waals surface area contributed by atoms with Crippen LogP contribution in [-0.4, -0.2) is 31.0 Å².